The topological polar surface area (TPSA) is 96.7 Å². The van der Waals surface area contributed by atoms with Gasteiger partial charge in [0.05, 0.1) is 35.5 Å². The van der Waals surface area contributed by atoms with Crippen LogP contribution >= 0.6 is 22.9 Å². The number of carbonyl (C=O) groups excluding carboxylic acids is 1. The predicted octanol–water partition coefficient (Wildman–Crippen LogP) is 4.38. The number of nitrogens with one attached hydrogen (secondary N) is 1. The minimum atomic E-state index is -0.745. The molecule has 1 atom stereocenters. The van der Waals surface area contributed by atoms with Gasteiger partial charge < -0.3 is 19.7 Å². The van der Waals surface area contributed by atoms with Crippen LogP contribution in [0.5, 0.6) is 0 Å². The number of likely N-dealkylation sites (N-methyl/N-ethyl adjacent to an activating group) is 1. The minimum absolute atomic E-state index is 0.0259. The number of pyridine rings is 2. The van der Waals surface area contributed by atoms with E-state index in [0.717, 1.165) is 21.5 Å². The van der Waals surface area contributed by atoms with Gasteiger partial charge in [0.1, 0.15) is 6.10 Å². The number of aromatic nitrogens is 2. The molecule has 0 aliphatic rings. The predicted molar refractivity (Wildman–Crippen MR) is 159 cm³/mol. The number of rotatable bonds is 13. The average Bonchev–Trinajstić information content (AvgIpc) is 3.30. The Kier molecular flexibility index (Phi) is 10.2. The summed E-state index contributed by atoms with van der Waals surface area (Å²) in [5.74, 6) is -0.235. The number of fused-ring (bicyclic) bond motifs is 1. The van der Waals surface area contributed by atoms with Crippen molar-refractivity contribution < 1.29 is 14.6 Å². The highest BCUT2D eigenvalue weighted by Gasteiger charge is 2.22. The molecule has 8 nitrogen and oxygen atoms in total. The Morgan fingerprint density at radius 2 is 2.08 bits per heavy atom. The molecular weight excluding hydrogens is 548 g/mol. The number of aryl methyl sites for hydroxylation is 1. The zero-order valence-electron chi connectivity index (χ0n) is 22.6. The summed E-state index contributed by atoms with van der Waals surface area (Å²) in [6, 6.07) is 12.7. The van der Waals surface area contributed by atoms with Crippen LogP contribution in [0.25, 0.3) is 10.2 Å². The maximum Gasteiger partial charge on any atom is 0.224 e. The van der Waals surface area contributed by atoms with Gasteiger partial charge in [0.2, 0.25) is 11.3 Å². The molecule has 2 N–H and O–H groups in total. The summed E-state index contributed by atoms with van der Waals surface area (Å²) < 4.78 is 8.28. The number of halogens is 1. The molecule has 1 aromatic carbocycles. The number of benzene rings is 1. The lowest BCUT2D eigenvalue weighted by molar-refractivity contribution is -0.120. The number of hydrogen-bond acceptors (Lipinski definition) is 7. The maximum absolute atomic E-state index is 13.6. The molecule has 0 saturated carbocycles. The second-order valence-electron chi connectivity index (χ2n) is 9.63. The second kappa shape index (κ2) is 13.8. The Labute approximate surface area is 242 Å². The number of ether oxygens (including phenoxy) is 1. The molecule has 0 radical (unpaired) electrons. The highest BCUT2D eigenvalue weighted by atomic mass is 35.5. The van der Waals surface area contributed by atoms with Crippen molar-refractivity contribution >= 4 is 39.1 Å². The van der Waals surface area contributed by atoms with Crippen molar-refractivity contribution in [3.05, 3.63) is 110 Å². The molecule has 10 heteroatoms. The van der Waals surface area contributed by atoms with Gasteiger partial charge >= 0.3 is 0 Å². The molecule has 3 heterocycles. The van der Waals surface area contributed by atoms with Crippen molar-refractivity contribution in [3.8, 4) is 0 Å². The van der Waals surface area contributed by atoms with E-state index in [-0.39, 0.29) is 17.8 Å². The summed E-state index contributed by atoms with van der Waals surface area (Å²) >= 11 is 7.34. The molecule has 3 aromatic heterocycles. The van der Waals surface area contributed by atoms with Gasteiger partial charge in [0, 0.05) is 60.1 Å². The maximum atomic E-state index is 13.6. The van der Waals surface area contributed by atoms with Gasteiger partial charge in [-0.25, -0.2) is 0 Å². The molecule has 0 fully saturated rings. The van der Waals surface area contributed by atoms with Crippen LogP contribution in [0.3, 0.4) is 0 Å². The molecule has 0 saturated heterocycles. The third-order valence-corrected chi connectivity index (χ3v) is 7.88. The van der Waals surface area contributed by atoms with E-state index in [0.29, 0.717) is 53.8 Å². The number of thiophene rings is 1. The Morgan fingerprint density at radius 3 is 2.77 bits per heavy atom. The second-order valence-corrected chi connectivity index (χ2v) is 11.2. The highest BCUT2D eigenvalue weighted by molar-refractivity contribution is 7.19. The van der Waals surface area contributed by atoms with Crippen LogP contribution in [0.15, 0.2) is 72.3 Å². The van der Waals surface area contributed by atoms with Gasteiger partial charge in [-0.2, -0.15) is 0 Å². The quantitative estimate of drug-likeness (QED) is 0.180. The van der Waals surface area contributed by atoms with Crippen LogP contribution in [0.2, 0.25) is 5.02 Å². The van der Waals surface area contributed by atoms with Crippen molar-refractivity contribution in [1.82, 2.24) is 19.8 Å². The highest BCUT2D eigenvalue weighted by Crippen LogP contribution is 2.31. The van der Waals surface area contributed by atoms with Crippen molar-refractivity contribution in [2.24, 2.45) is 7.05 Å². The van der Waals surface area contributed by atoms with Crippen molar-refractivity contribution in [2.45, 2.75) is 32.2 Å². The van der Waals surface area contributed by atoms with Crippen LogP contribution in [-0.2, 0) is 42.7 Å². The zero-order chi connectivity index (χ0) is 28.6. The third-order valence-electron chi connectivity index (χ3n) is 6.43. The normalized spacial score (nSPS) is 12.1. The fourth-order valence-corrected chi connectivity index (χ4v) is 6.01. The molecule has 4 rings (SSSR count). The minimum Gasteiger partial charge on any atom is -0.385 e. The van der Waals surface area contributed by atoms with E-state index < -0.39 is 6.10 Å². The third kappa shape index (κ3) is 7.44. The van der Waals surface area contributed by atoms with Gasteiger partial charge in [-0.1, -0.05) is 35.9 Å². The Bertz CT molecular complexity index is 1520. The largest absolute Gasteiger partial charge is 0.385 e. The first-order valence-electron chi connectivity index (χ1n) is 12.9. The first-order chi connectivity index (χ1) is 19.3. The molecule has 1 amide bonds. The van der Waals surface area contributed by atoms with Crippen LogP contribution in [0.4, 0.5) is 0 Å². The molecule has 0 bridgehead atoms. The Balaban J connectivity index is 1.56. The van der Waals surface area contributed by atoms with Crippen molar-refractivity contribution in [3.63, 3.8) is 0 Å². The van der Waals surface area contributed by atoms with E-state index in [1.54, 1.807) is 36.7 Å². The number of amides is 1. The van der Waals surface area contributed by atoms with Crippen LogP contribution < -0.4 is 10.7 Å². The monoisotopic (exact) mass is 580 g/mol. The van der Waals surface area contributed by atoms with Gasteiger partial charge in [0.15, 0.2) is 0 Å². The lowest BCUT2D eigenvalue weighted by atomic mass is 10.1. The molecule has 210 valence electrons. The first-order valence-corrected chi connectivity index (χ1v) is 14.1. The SMILES string of the molecule is C=CCOCc1c(CN(C)C[C@@H](O)c2ccccn2)sc2c(=O)c(CC(=O)NCc3ccc(Cl)cc3)cn(C)c12. The van der Waals surface area contributed by atoms with E-state index in [1.165, 1.54) is 11.3 Å². The number of carbonyl (C=O) groups is 1. The summed E-state index contributed by atoms with van der Waals surface area (Å²) in [5.41, 5.74) is 3.50. The molecule has 4 aromatic rings. The number of hydrogen-bond donors (Lipinski definition) is 2. The Morgan fingerprint density at radius 1 is 1.30 bits per heavy atom. The summed E-state index contributed by atoms with van der Waals surface area (Å²) in [6.45, 7) is 5.64. The number of aliphatic hydroxyl groups excluding tert-OH is 1. The van der Waals surface area contributed by atoms with Crippen molar-refractivity contribution in [2.75, 3.05) is 20.2 Å². The summed E-state index contributed by atoms with van der Waals surface area (Å²) in [6.07, 6.45) is 4.30. The van der Waals surface area contributed by atoms with Crippen molar-refractivity contribution in [1.29, 1.82) is 0 Å². The van der Waals surface area contributed by atoms with Crippen LogP contribution in [0, 0.1) is 0 Å². The smallest absolute Gasteiger partial charge is 0.224 e. The summed E-state index contributed by atoms with van der Waals surface area (Å²) in [7, 11) is 3.79. The van der Waals surface area contributed by atoms with Gasteiger partial charge in [-0.3, -0.25) is 19.5 Å². The standard InChI is InChI=1S/C30H33ClN4O4S/c1-4-13-39-19-23-26(18-34(2)17-25(36)24-7-5-6-12-32-24)40-30-28(23)35(3)16-21(29(30)38)14-27(37)33-15-20-8-10-22(31)11-9-20/h4-12,16,25,36H,1,13-15,17-19H2,2-3H3,(H,33,37)/t25-/m1/s1. The lowest BCUT2D eigenvalue weighted by Crippen LogP contribution is -2.27. The zero-order valence-corrected chi connectivity index (χ0v) is 24.2. The Hall–Kier alpha value is -3.34. The average molecular weight is 581 g/mol. The van der Waals surface area contributed by atoms with Crippen LogP contribution in [-0.4, -0.2) is 45.7 Å². The molecule has 0 spiro atoms. The lowest BCUT2D eigenvalue weighted by Gasteiger charge is -2.20. The fourth-order valence-electron chi connectivity index (χ4n) is 4.49. The van der Waals surface area contributed by atoms with Gasteiger partial charge in [-0.05, 0) is 36.9 Å². The first kappa shape index (κ1) is 29.6. The molecule has 0 unspecified atom stereocenters. The van der Waals surface area contributed by atoms with Gasteiger partial charge in [-0.15, -0.1) is 17.9 Å². The number of nitrogens with zero attached hydrogens (tertiary/aromatic N) is 3. The van der Waals surface area contributed by atoms with E-state index in [4.69, 9.17) is 16.3 Å². The molecule has 0 aliphatic heterocycles. The van der Waals surface area contributed by atoms with E-state index >= 15 is 0 Å². The van der Waals surface area contributed by atoms with E-state index in [9.17, 15) is 14.7 Å². The summed E-state index contributed by atoms with van der Waals surface area (Å²) in [5, 5.41) is 14.2. The van der Waals surface area contributed by atoms with Gasteiger partial charge in [0.25, 0.3) is 0 Å². The number of aliphatic hydroxyl groups is 1. The van der Waals surface area contributed by atoms with E-state index in [2.05, 4.69) is 16.9 Å². The fraction of sp³-hybridized carbons (Fsp3) is 0.300. The van der Waals surface area contributed by atoms with Crippen LogP contribution in [0.1, 0.15) is 33.4 Å². The molecular formula is C30H33ClN4O4S. The summed E-state index contributed by atoms with van der Waals surface area (Å²) in [4.78, 5) is 33.5. The van der Waals surface area contributed by atoms with E-state index in [1.807, 2.05) is 47.8 Å². The molecule has 0 aliphatic carbocycles. The molecule has 40 heavy (non-hydrogen) atoms.